The first kappa shape index (κ1) is 21.8. The van der Waals surface area contributed by atoms with Crippen LogP contribution in [0.5, 0.6) is 5.75 Å². The van der Waals surface area contributed by atoms with Gasteiger partial charge in [0.2, 0.25) is 10.0 Å². The van der Waals surface area contributed by atoms with Crippen LogP contribution in [0.3, 0.4) is 0 Å². The second-order valence-electron chi connectivity index (χ2n) is 6.40. The van der Waals surface area contributed by atoms with Gasteiger partial charge in [0, 0.05) is 20.2 Å². The van der Waals surface area contributed by atoms with E-state index in [-0.39, 0.29) is 11.7 Å². The van der Waals surface area contributed by atoms with Crippen LogP contribution in [0.2, 0.25) is 0 Å². The molecule has 2 aromatic rings. The zero-order valence-corrected chi connectivity index (χ0v) is 17.3. The number of hydrogen-bond donors (Lipinski definition) is 0. The molecule has 9 nitrogen and oxygen atoms in total. The molecule has 0 aliphatic carbocycles. The van der Waals surface area contributed by atoms with Gasteiger partial charge in [0.25, 0.3) is 5.69 Å². The average molecular weight is 428 g/mol. The highest BCUT2D eigenvalue weighted by Crippen LogP contribution is 2.33. The van der Waals surface area contributed by atoms with E-state index in [1.54, 1.807) is 18.2 Å². The van der Waals surface area contributed by atoms with Gasteiger partial charge in [0.15, 0.2) is 4.90 Å². The second-order valence-corrected chi connectivity index (χ2v) is 10.1. The van der Waals surface area contributed by atoms with Gasteiger partial charge in [-0.15, -0.1) is 0 Å². The Morgan fingerprint density at radius 2 is 1.64 bits per heavy atom. The standard InChI is InChI=1S/C17H20N2O7S2/c1-12(2)14-7-5-6-8-16(14)26-28(24,25)17-10-9-13(11-15(17)19(20)21)27(22,23)18(3)4/h5-12H,1-4H3. The van der Waals surface area contributed by atoms with E-state index in [0.29, 0.717) is 11.6 Å². The summed E-state index contributed by atoms with van der Waals surface area (Å²) < 4.78 is 55.8. The van der Waals surface area contributed by atoms with Crippen molar-refractivity contribution >= 4 is 25.8 Å². The normalized spacial score (nSPS) is 12.4. The monoisotopic (exact) mass is 428 g/mol. The molecule has 0 unspecified atom stereocenters. The third-order valence-corrected chi connectivity index (χ3v) is 7.01. The highest BCUT2D eigenvalue weighted by molar-refractivity contribution is 7.89. The minimum absolute atomic E-state index is 0.0472. The molecule has 0 amide bonds. The number of rotatable bonds is 7. The Kier molecular flexibility index (Phi) is 6.12. The van der Waals surface area contributed by atoms with Crippen LogP contribution in [0, 0.1) is 10.1 Å². The van der Waals surface area contributed by atoms with Gasteiger partial charge in [-0.3, -0.25) is 10.1 Å². The molecular weight excluding hydrogens is 408 g/mol. The maximum atomic E-state index is 12.7. The molecule has 0 atom stereocenters. The molecule has 152 valence electrons. The van der Waals surface area contributed by atoms with Crippen molar-refractivity contribution in [2.75, 3.05) is 14.1 Å². The van der Waals surface area contributed by atoms with Gasteiger partial charge in [0.05, 0.1) is 9.82 Å². The lowest BCUT2D eigenvalue weighted by atomic mass is 10.0. The van der Waals surface area contributed by atoms with Gasteiger partial charge < -0.3 is 4.18 Å². The van der Waals surface area contributed by atoms with E-state index in [1.807, 2.05) is 13.8 Å². The smallest absolute Gasteiger partial charge is 0.346 e. The molecule has 0 saturated carbocycles. The van der Waals surface area contributed by atoms with E-state index in [0.717, 1.165) is 16.4 Å². The summed E-state index contributed by atoms with van der Waals surface area (Å²) in [6.07, 6.45) is 0. The maximum Gasteiger partial charge on any atom is 0.346 e. The minimum atomic E-state index is -4.58. The van der Waals surface area contributed by atoms with Crippen molar-refractivity contribution in [3.8, 4) is 5.75 Å². The van der Waals surface area contributed by atoms with Crippen LogP contribution < -0.4 is 4.18 Å². The first-order valence-electron chi connectivity index (χ1n) is 8.12. The van der Waals surface area contributed by atoms with Crippen molar-refractivity contribution < 1.29 is 25.9 Å². The van der Waals surface area contributed by atoms with Crippen LogP contribution in [0.25, 0.3) is 0 Å². The summed E-state index contributed by atoms with van der Waals surface area (Å²) in [6.45, 7) is 3.69. The summed E-state index contributed by atoms with van der Waals surface area (Å²) in [5, 5.41) is 11.4. The van der Waals surface area contributed by atoms with Crippen LogP contribution in [-0.2, 0) is 20.1 Å². The molecule has 11 heteroatoms. The molecule has 0 radical (unpaired) electrons. The van der Waals surface area contributed by atoms with Crippen LogP contribution in [0.1, 0.15) is 25.3 Å². The van der Waals surface area contributed by atoms with E-state index in [4.69, 9.17) is 4.18 Å². The van der Waals surface area contributed by atoms with Crippen LogP contribution in [-0.4, -0.2) is 40.2 Å². The molecule has 0 aliphatic heterocycles. The molecule has 0 spiro atoms. The third kappa shape index (κ3) is 4.32. The van der Waals surface area contributed by atoms with Gasteiger partial charge in [0.1, 0.15) is 5.75 Å². The Morgan fingerprint density at radius 1 is 1.04 bits per heavy atom. The Hall–Kier alpha value is -2.50. The molecule has 0 fully saturated rings. The zero-order valence-electron chi connectivity index (χ0n) is 15.7. The summed E-state index contributed by atoms with van der Waals surface area (Å²) in [5.41, 5.74) is -0.273. The molecule has 0 bridgehead atoms. The summed E-state index contributed by atoms with van der Waals surface area (Å²) in [6, 6.07) is 9.00. The first-order chi connectivity index (χ1) is 12.9. The molecule has 0 aliphatic rings. The van der Waals surface area contributed by atoms with Crippen molar-refractivity contribution in [3.63, 3.8) is 0 Å². The molecule has 0 N–H and O–H groups in total. The fraction of sp³-hybridized carbons (Fsp3) is 0.294. The quantitative estimate of drug-likeness (QED) is 0.377. The fourth-order valence-electron chi connectivity index (χ4n) is 2.42. The molecule has 28 heavy (non-hydrogen) atoms. The highest BCUT2D eigenvalue weighted by Gasteiger charge is 2.31. The van der Waals surface area contributed by atoms with Gasteiger partial charge in [-0.25, -0.2) is 12.7 Å². The Balaban J connectivity index is 2.59. The summed E-state index contributed by atoms with van der Waals surface area (Å²) in [4.78, 5) is 9.34. The fourth-order valence-corrected chi connectivity index (χ4v) is 4.44. The van der Waals surface area contributed by atoms with Gasteiger partial charge in [-0.2, -0.15) is 8.42 Å². The van der Waals surface area contributed by atoms with Crippen LogP contribution in [0.15, 0.2) is 52.3 Å². The van der Waals surface area contributed by atoms with E-state index < -0.39 is 40.5 Å². The number of benzene rings is 2. The second kappa shape index (κ2) is 7.86. The van der Waals surface area contributed by atoms with Gasteiger partial charge >= 0.3 is 10.1 Å². The molecule has 0 heterocycles. The molecule has 0 aromatic heterocycles. The van der Waals surface area contributed by atoms with Crippen LogP contribution >= 0.6 is 0 Å². The Morgan fingerprint density at radius 3 is 2.18 bits per heavy atom. The maximum absolute atomic E-state index is 12.7. The van der Waals surface area contributed by atoms with Crippen LogP contribution in [0.4, 0.5) is 5.69 Å². The Labute approximate surface area is 163 Å². The largest absolute Gasteiger partial charge is 0.378 e. The van der Waals surface area contributed by atoms with Crippen molar-refractivity contribution in [2.45, 2.75) is 29.6 Å². The first-order valence-corrected chi connectivity index (χ1v) is 11.0. The predicted octanol–water partition coefficient (Wildman–Crippen LogP) is 2.74. The highest BCUT2D eigenvalue weighted by atomic mass is 32.2. The summed E-state index contributed by atoms with van der Waals surface area (Å²) in [5.74, 6) is 0.00536. The summed E-state index contributed by atoms with van der Waals surface area (Å²) >= 11 is 0. The van der Waals surface area contributed by atoms with E-state index >= 15 is 0 Å². The number of nitrogens with zero attached hydrogens (tertiary/aromatic N) is 2. The predicted molar refractivity (Wildman–Crippen MR) is 102 cm³/mol. The molecule has 2 rings (SSSR count). The van der Waals surface area contributed by atoms with Crippen molar-refractivity contribution in [2.24, 2.45) is 0 Å². The summed E-state index contributed by atoms with van der Waals surface area (Å²) in [7, 11) is -6.03. The number of nitro benzene ring substituents is 1. The van der Waals surface area contributed by atoms with E-state index in [2.05, 4.69) is 0 Å². The molecule has 0 saturated heterocycles. The SMILES string of the molecule is CC(C)c1ccccc1OS(=O)(=O)c1ccc(S(=O)(=O)N(C)C)cc1[N+](=O)[O-]. The van der Waals surface area contributed by atoms with Crippen molar-refractivity contribution in [1.29, 1.82) is 0 Å². The Bertz CT molecular complexity index is 1110. The van der Waals surface area contributed by atoms with E-state index in [1.165, 1.54) is 20.2 Å². The number of sulfonamides is 1. The van der Waals surface area contributed by atoms with E-state index in [9.17, 15) is 26.9 Å². The third-order valence-electron chi connectivity index (χ3n) is 3.92. The zero-order chi connectivity index (χ0) is 21.3. The van der Waals surface area contributed by atoms with Crippen molar-refractivity contribution in [3.05, 3.63) is 58.1 Å². The topological polar surface area (TPSA) is 124 Å². The molecular formula is C17H20N2O7S2. The number of hydrogen-bond acceptors (Lipinski definition) is 7. The lowest BCUT2D eigenvalue weighted by Gasteiger charge is -2.14. The lowest BCUT2D eigenvalue weighted by Crippen LogP contribution is -2.22. The average Bonchev–Trinajstić information content (AvgIpc) is 2.60. The van der Waals surface area contributed by atoms with Gasteiger partial charge in [-0.1, -0.05) is 32.0 Å². The lowest BCUT2D eigenvalue weighted by molar-refractivity contribution is -0.388. The molecule has 2 aromatic carbocycles. The number of nitro groups is 1. The number of para-hydroxylation sites is 1. The van der Waals surface area contributed by atoms with Gasteiger partial charge in [-0.05, 0) is 29.7 Å². The van der Waals surface area contributed by atoms with Crippen molar-refractivity contribution in [1.82, 2.24) is 4.31 Å². The minimum Gasteiger partial charge on any atom is -0.378 e.